The summed E-state index contributed by atoms with van der Waals surface area (Å²) in [5, 5.41) is 20.3. The van der Waals surface area contributed by atoms with Gasteiger partial charge in [0, 0.05) is 18.0 Å². The van der Waals surface area contributed by atoms with Gasteiger partial charge in [-0.15, -0.1) is 0 Å². The summed E-state index contributed by atoms with van der Waals surface area (Å²) in [6.45, 7) is 8.66. The van der Waals surface area contributed by atoms with Crippen LogP contribution in [0.25, 0.3) is 10.4 Å². The third-order valence-electron chi connectivity index (χ3n) is 7.26. The summed E-state index contributed by atoms with van der Waals surface area (Å²) in [4.78, 5) is 102. The summed E-state index contributed by atoms with van der Waals surface area (Å²) in [6, 6.07) is 6.88. The minimum Gasteiger partial charge on any atom is -0.458 e. The first-order valence-electron chi connectivity index (χ1n) is 18.8. The second kappa shape index (κ2) is 26.7. The van der Waals surface area contributed by atoms with Gasteiger partial charge in [-0.2, -0.15) is 0 Å². The molecule has 7 amide bonds. The second-order valence-electron chi connectivity index (χ2n) is 14.8. The van der Waals surface area contributed by atoms with Gasteiger partial charge in [-0.3, -0.25) is 24.0 Å². The first-order chi connectivity index (χ1) is 27.3. The molecule has 21 nitrogen and oxygen atoms in total. The van der Waals surface area contributed by atoms with E-state index in [1.165, 1.54) is 0 Å². The first kappa shape index (κ1) is 49.9. The first-order valence-corrected chi connectivity index (χ1v) is 18.8. The molecule has 0 heterocycles. The van der Waals surface area contributed by atoms with E-state index in [2.05, 4.69) is 47.2 Å². The zero-order valence-corrected chi connectivity index (χ0v) is 34.1. The molecule has 0 aliphatic heterocycles. The number of unbranched alkanes of at least 4 members (excludes halogenated alkanes) is 2. The SMILES string of the molecule is CC(C)(C)OC(=O)NCCCCC(NC(=O)CNC(=O)CNC(=O)CNC(=O)CN=[N+]=[N-])C(=O)NC(CCCCNC(=O)OCc1ccccc1)C(=O)OC(C)(C)C. The summed E-state index contributed by atoms with van der Waals surface area (Å²) in [5.41, 5.74) is 7.51. The number of hydrogen-bond acceptors (Lipinski definition) is 12. The lowest BCUT2D eigenvalue weighted by Gasteiger charge is -2.26. The smallest absolute Gasteiger partial charge is 0.407 e. The van der Waals surface area contributed by atoms with Crippen LogP contribution in [0.15, 0.2) is 35.4 Å². The highest BCUT2D eigenvalue weighted by atomic mass is 16.6. The van der Waals surface area contributed by atoms with Gasteiger partial charge in [-0.05, 0) is 91.2 Å². The fraction of sp³-hybridized carbons (Fsp3) is 0.622. The lowest BCUT2D eigenvalue weighted by molar-refractivity contribution is -0.159. The molecule has 1 aromatic rings. The summed E-state index contributed by atoms with van der Waals surface area (Å²) in [6.07, 6.45) is 0.573. The van der Waals surface area contributed by atoms with Gasteiger partial charge < -0.3 is 51.4 Å². The van der Waals surface area contributed by atoms with Crippen LogP contribution in [0, 0.1) is 0 Å². The Morgan fingerprint density at radius 2 is 1.16 bits per heavy atom. The minimum atomic E-state index is -1.18. The van der Waals surface area contributed by atoms with Gasteiger partial charge >= 0.3 is 18.2 Å². The van der Waals surface area contributed by atoms with Crippen LogP contribution in [0.1, 0.15) is 85.6 Å². The van der Waals surface area contributed by atoms with E-state index in [0.29, 0.717) is 25.7 Å². The Balaban J connectivity index is 2.85. The number of hydrogen-bond donors (Lipinski definition) is 7. The molecule has 1 aromatic carbocycles. The van der Waals surface area contributed by atoms with Crippen molar-refractivity contribution in [1.82, 2.24) is 37.2 Å². The Labute approximate surface area is 337 Å². The van der Waals surface area contributed by atoms with Crippen molar-refractivity contribution in [3.05, 3.63) is 46.3 Å². The Bertz CT molecular complexity index is 1570. The van der Waals surface area contributed by atoms with Crippen molar-refractivity contribution >= 4 is 47.7 Å². The molecule has 1 rings (SSSR count). The number of esters is 1. The fourth-order valence-corrected chi connectivity index (χ4v) is 4.64. The number of carbonyl (C=O) groups excluding carboxylic acids is 8. The number of azide groups is 1. The van der Waals surface area contributed by atoms with Crippen LogP contribution in [0.3, 0.4) is 0 Å². The van der Waals surface area contributed by atoms with Crippen LogP contribution in [0.4, 0.5) is 9.59 Å². The van der Waals surface area contributed by atoms with Crippen molar-refractivity contribution in [3.8, 4) is 0 Å². The van der Waals surface area contributed by atoms with Crippen molar-refractivity contribution in [2.75, 3.05) is 39.3 Å². The highest BCUT2D eigenvalue weighted by Gasteiger charge is 2.30. The average Bonchev–Trinajstić information content (AvgIpc) is 3.14. The van der Waals surface area contributed by atoms with E-state index in [1.807, 2.05) is 30.3 Å². The Morgan fingerprint density at radius 3 is 1.71 bits per heavy atom. The standard InChI is InChI=1S/C37H58N10O11/c1-36(2,3)57-33(53)27(17-11-13-18-39-34(54)56-24-25-14-8-7-9-15-25)46-32(52)26(16-10-12-19-40-35(55)58-37(4,5)6)45-31(51)22-43-29(49)20-41-28(48)21-42-30(50)23-44-47-38/h7-9,14-15,26-27H,10-13,16-24H2,1-6H3,(H,39,54)(H,40,55)(H,41,48)(H,42,50)(H,43,49)(H,45,51)(H,46,52). The van der Waals surface area contributed by atoms with Gasteiger partial charge in [0.25, 0.3) is 0 Å². The Kier molecular flexibility index (Phi) is 23.0. The summed E-state index contributed by atoms with van der Waals surface area (Å²) < 4.78 is 16.0. The van der Waals surface area contributed by atoms with E-state index in [1.54, 1.807) is 41.5 Å². The molecule has 0 aliphatic rings. The molecule has 21 heteroatoms. The number of carbonyl (C=O) groups is 8. The zero-order chi connectivity index (χ0) is 43.6. The van der Waals surface area contributed by atoms with Gasteiger partial charge in [0.05, 0.1) is 19.6 Å². The maximum atomic E-state index is 13.7. The topological polar surface area (TPSA) is 297 Å². The molecule has 0 spiro atoms. The van der Waals surface area contributed by atoms with Crippen LogP contribution in [0.5, 0.6) is 0 Å². The number of benzene rings is 1. The maximum Gasteiger partial charge on any atom is 0.407 e. The molecule has 2 unspecified atom stereocenters. The van der Waals surface area contributed by atoms with Gasteiger partial charge in [-0.25, -0.2) is 14.4 Å². The van der Waals surface area contributed by atoms with Gasteiger partial charge in [0.15, 0.2) is 0 Å². The fourth-order valence-electron chi connectivity index (χ4n) is 4.64. The predicted molar refractivity (Wildman–Crippen MR) is 209 cm³/mol. The lowest BCUT2D eigenvalue weighted by atomic mass is 10.1. The number of ether oxygens (including phenoxy) is 3. The molecule has 0 radical (unpaired) electrons. The van der Waals surface area contributed by atoms with Crippen LogP contribution in [0.2, 0.25) is 0 Å². The molecular weight excluding hydrogens is 760 g/mol. The quantitative estimate of drug-likeness (QED) is 0.0197. The average molecular weight is 819 g/mol. The highest BCUT2D eigenvalue weighted by molar-refractivity contribution is 5.93. The van der Waals surface area contributed by atoms with E-state index in [-0.39, 0.29) is 32.5 Å². The largest absolute Gasteiger partial charge is 0.458 e. The minimum absolute atomic E-state index is 0.0824. The van der Waals surface area contributed by atoms with Gasteiger partial charge in [-0.1, -0.05) is 35.4 Å². The monoisotopic (exact) mass is 818 g/mol. The van der Waals surface area contributed by atoms with E-state index in [4.69, 9.17) is 19.7 Å². The molecular formula is C37H58N10O11. The lowest BCUT2D eigenvalue weighted by Crippen LogP contribution is -2.54. The number of alkyl carbamates (subject to hydrolysis) is 2. The molecule has 0 aliphatic carbocycles. The van der Waals surface area contributed by atoms with Crippen molar-refractivity contribution in [1.29, 1.82) is 0 Å². The molecule has 58 heavy (non-hydrogen) atoms. The maximum absolute atomic E-state index is 13.7. The van der Waals surface area contributed by atoms with Crippen molar-refractivity contribution in [3.63, 3.8) is 0 Å². The molecule has 0 bridgehead atoms. The molecule has 0 aromatic heterocycles. The van der Waals surface area contributed by atoms with E-state index >= 15 is 0 Å². The van der Waals surface area contributed by atoms with E-state index in [9.17, 15) is 38.4 Å². The number of nitrogens with zero attached hydrogens (tertiary/aromatic N) is 3. The molecule has 7 N–H and O–H groups in total. The Morgan fingerprint density at radius 1 is 0.638 bits per heavy atom. The predicted octanol–water partition coefficient (Wildman–Crippen LogP) is 1.75. The molecule has 322 valence electrons. The van der Waals surface area contributed by atoms with Crippen LogP contribution in [-0.4, -0.2) is 110 Å². The molecule has 2 atom stereocenters. The van der Waals surface area contributed by atoms with E-state index in [0.717, 1.165) is 5.56 Å². The van der Waals surface area contributed by atoms with Crippen molar-refractivity contribution in [2.24, 2.45) is 5.11 Å². The number of rotatable bonds is 24. The summed E-state index contributed by atoms with van der Waals surface area (Å²) in [7, 11) is 0. The summed E-state index contributed by atoms with van der Waals surface area (Å²) >= 11 is 0. The normalized spacial score (nSPS) is 11.9. The van der Waals surface area contributed by atoms with Crippen LogP contribution >= 0.6 is 0 Å². The van der Waals surface area contributed by atoms with Crippen LogP contribution < -0.4 is 37.2 Å². The molecule has 0 saturated heterocycles. The van der Waals surface area contributed by atoms with Crippen LogP contribution in [-0.2, 0) is 49.6 Å². The summed E-state index contributed by atoms with van der Waals surface area (Å²) in [5.74, 6) is -4.32. The van der Waals surface area contributed by atoms with E-state index < -0.39 is 97.2 Å². The van der Waals surface area contributed by atoms with Crippen molar-refractivity contribution in [2.45, 2.75) is 110 Å². The number of amides is 7. The Hall–Kier alpha value is -6.11. The molecule has 0 saturated carbocycles. The number of nitrogens with one attached hydrogen (secondary N) is 7. The van der Waals surface area contributed by atoms with Crippen molar-refractivity contribution < 1.29 is 52.6 Å². The zero-order valence-electron chi connectivity index (χ0n) is 34.1. The highest BCUT2D eigenvalue weighted by Crippen LogP contribution is 2.13. The van der Waals surface area contributed by atoms with Gasteiger partial charge in [0.2, 0.25) is 29.5 Å². The third-order valence-corrected chi connectivity index (χ3v) is 7.26. The van der Waals surface area contributed by atoms with Gasteiger partial charge in [0.1, 0.15) is 36.4 Å². The third kappa shape index (κ3) is 25.9. The second-order valence-corrected chi connectivity index (χ2v) is 14.8. The molecule has 0 fully saturated rings.